The van der Waals surface area contributed by atoms with Gasteiger partial charge in [0, 0.05) is 25.3 Å². The molecule has 1 aliphatic rings. The number of hydrogen-bond donors (Lipinski definition) is 2. The Kier molecular flexibility index (Phi) is 4.22. The van der Waals surface area contributed by atoms with Gasteiger partial charge in [0.1, 0.15) is 5.82 Å². The van der Waals surface area contributed by atoms with Crippen LogP contribution in [-0.2, 0) is 4.79 Å². The highest BCUT2D eigenvalue weighted by atomic mass is 16.4. The third-order valence-electron chi connectivity index (χ3n) is 3.29. The van der Waals surface area contributed by atoms with Gasteiger partial charge in [-0.05, 0) is 32.4 Å². The van der Waals surface area contributed by atoms with E-state index in [9.17, 15) is 9.59 Å². The van der Waals surface area contributed by atoms with Crippen molar-refractivity contribution < 1.29 is 14.7 Å². The molecule has 2 rings (SSSR count). The van der Waals surface area contributed by atoms with E-state index in [0.717, 1.165) is 0 Å². The summed E-state index contributed by atoms with van der Waals surface area (Å²) in [5, 5.41) is 12.1. The van der Waals surface area contributed by atoms with Crippen molar-refractivity contribution in [3.8, 4) is 0 Å². The molecule has 6 heteroatoms. The minimum atomic E-state index is -0.841. The minimum absolute atomic E-state index is 0.162. The Hall–Kier alpha value is -2.11. The maximum absolute atomic E-state index is 12.5. The van der Waals surface area contributed by atoms with Gasteiger partial charge in [0.25, 0.3) is 5.91 Å². The number of carboxylic acids is 1. The molecule has 1 aliphatic heterocycles. The molecule has 1 unspecified atom stereocenters. The molecule has 1 atom stereocenters. The molecule has 20 heavy (non-hydrogen) atoms. The van der Waals surface area contributed by atoms with E-state index >= 15 is 0 Å². The zero-order valence-electron chi connectivity index (χ0n) is 11.7. The van der Waals surface area contributed by atoms with Gasteiger partial charge in [-0.2, -0.15) is 0 Å². The summed E-state index contributed by atoms with van der Waals surface area (Å²) < 4.78 is 0. The molecule has 2 N–H and O–H groups in total. The number of nitrogens with zero attached hydrogens (tertiary/aromatic N) is 2. The largest absolute Gasteiger partial charge is 0.481 e. The smallest absolute Gasteiger partial charge is 0.308 e. The molecule has 0 aromatic carbocycles. The molecule has 108 valence electrons. The van der Waals surface area contributed by atoms with E-state index in [0.29, 0.717) is 24.3 Å². The monoisotopic (exact) mass is 277 g/mol. The molecular formula is C14H19N3O3. The maximum atomic E-state index is 12.5. The summed E-state index contributed by atoms with van der Waals surface area (Å²) in [6.45, 7) is 4.69. The Morgan fingerprint density at radius 1 is 1.50 bits per heavy atom. The van der Waals surface area contributed by atoms with Gasteiger partial charge in [0.2, 0.25) is 0 Å². The first kappa shape index (κ1) is 14.3. The number of likely N-dealkylation sites (tertiary alicyclic amines) is 1. The van der Waals surface area contributed by atoms with E-state index in [2.05, 4.69) is 10.3 Å². The first-order valence-corrected chi connectivity index (χ1v) is 6.72. The predicted octanol–water partition coefficient (Wildman–Crippen LogP) is 1.45. The first-order chi connectivity index (χ1) is 9.49. The van der Waals surface area contributed by atoms with Crippen LogP contribution in [0.15, 0.2) is 18.3 Å². The molecular weight excluding hydrogens is 258 g/mol. The number of nitrogens with one attached hydrogen (secondary N) is 1. The predicted molar refractivity (Wildman–Crippen MR) is 74.6 cm³/mol. The second kappa shape index (κ2) is 5.90. The topological polar surface area (TPSA) is 82.5 Å². The zero-order chi connectivity index (χ0) is 14.7. The van der Waals surface area contributed by atoms with Crippen molar-refractivity contribution in [2.24, 2.45) is 5.92 Å². The van der Waals surface area contributed by atoms with Crippen molar-refractivity contribution in [1.29, 1.82) is 0 Å². The van der Waals surface area contributed by atoms with Crippen LogP contribution in [0.5, 0.6) is 0 Å². The molecule has 1 fully saturated rings. The summed E-state index contributed by atoms with van der Waals surface area (Å²) in [5.74, 6) is -0.916. The highest BCUT2D eigenvalue weighted by molar-refractivity contribution is 5.99. The number of aromatic nitrogens is 1. The van der Waals surface area contributed by atoms with Crippen molar-refractivity contribution in [3.05, 3.63) is 23.9 Å². The van der Waals surface area contributed by atoms with Crippen LogP contribution in [0.4, 0.5) is 5.82 Å². The molecule has 6 nitrogen and oxygen atoms in total. The number of aliphatic carboxylic acids is 1. The standard InChI is InChI=1S/C14H19N3O3/c1-9(2)16-12-11(4-3-6-15-12)13(18)17-7-5-10(8-17)14(19)20/h3-4,6,9-10H,5,7-8H2,1-2H3,(H,15,16)(H,19,20). The average Bonchev–Trinajstić information content (AvgIpc) is 2.87. The van der Waals surface area contributed by atoms with Gasteiger partial charge < -0.3 is 15.3 Å². The van der Waals surface area contributed by atoms with E-state index in [1.54, 1.807) is 23.2 Å². The molecule has 1 aromatic heterocycles. The lowest BCUT2D eigenvalue weighted by Crippen LogP contribution is -2.31. The SMILES string of the molecule is CC(C)Nc1ncccc1C(=O)N1CCC(C(=O)O)C1. The normalized spacial score (nSPS) is 18.4. The number of hydrogen-bond acceptors (Lipinski definition) is 4. The Bertz CT molecular complexity index is 516. The second-order valence-electron chi connectivity index (χ2n) is 5.27. The van der Waals surface area contributed by atoms with Gasteiger partial charge in [-0.1, -0.05) is 0 Å². The average molecular weight is 277 g/mol. The number of carbonyl (C=O) groups is 2. The van der Waals surface area contributed by atoms with Crippen LogP contribution >= 0.6 is 0 Å². The van der Waals surface area contributed by atoms with Crippen molar-refractivity contribution in [2.45, 2.75) is 26.3 Å². The molecule has 0 saturated carbocycles. The Morgan fingerprint density at radius 2 is 2.25 bits per heavy atom. The lowest BCUT2D eigenvalue weighted by atomic mass is 10.1. The number of amides is 1. The lowest BCUT2D eigenvalue weighted by Gasteiger charge is -2.19. The molecule has 2 heterocycles. The number of carboxylic acid groups (broad SMARTS) is 1. The fourth-order valence-corrected chi connectivity index (χ4v) is 2.28. The van der Waals surface area contributed by atoms with Crippen LogP contribution in [0.3, 0.4) is 0 Å². The maximum Gasteiger partial charge on any atom is 0.308 e. The number of carbonyl (C=O) groups excluding carboxylic acids is 1. The lowest BCUT2D eigenvalue weighted by molar-refractivity contribution is -0.141. The molecule has 0 bridgehead atoms. The summed E-state index contributed by atoms with van der Waals surface area (Å²) in [4.78, 5) is 29.2. The molecule has 0 spiro atoms. The quantitative estimate of drug-likeness (QED) is 0.870. The molecule has 0 aliphatic carbocycles. The number of pyridine rings is 1. The summed E-state index contributed by atoms with van der Waals surface area (Å²) in [5.41, 5.74) is 0.493. The van der Waals surface area contributed by atoms with Crippen LogP contribution < -0.4 is 5.32 Å². The summed E-state index contributed by atoms with van der Waals surface area (Å²) in [6.07, 6.45) is 2.14. The van der Waals surface area contributed by atoms with Crippen LogP contribution in [0.25, 0.3) is 0 Å². The van der Waals surface area contributed by atoms with E-state index in [4.69, 9.17) is 5.11 Å². The first-order valence-electron chi connectivity index (χ1n) is 6.72. The summed E-state index contributed by atoms with van der Waals surface area (Å²) in [7, 11) is 0. The molecule has 1 saturated heterocycles. The highest BCUT2D eigenvalue weighted by Crippen LogP contribution is 2.21. The van der Waals surface area contributed by atoms with Crippen LogP contribution in [0.1, 0.15) is 30.6 Å². The Labute approximate surface area is 117 Å². The molecule has 1 amide bonds. The van der Waals surface area contributed by atoms with Gasteiger partial charge in [0.15, 0.2) is 0 Å². The summed E-state index contributed by atoms with van der Waals surface area (Å²) >= 11 is 0. The van der Waals surface area contributed by atoms with Crippen molar-refractivity contribution >= 4 is 17.7 Å². The van der Waals surface area contributed by atoms with Crippen molar-refractivity contribution in [2.75, 3.05) is 18.4 Å². The highest BCUT2D eigenvalue weighted by Gasteiger charge is 2.32. The van der Waals surface area contributed by atoms with E-state index in [1.807, 2.05) is 13.8 Å². The van der Waals surface area contributed by atoms with Crippen LogP contribution in [0, 0.1) is 5.92 Å². The fourth-order valence-electron chi connectivity index (χ4n) is 2.28. The zero-order valence-corrected chi connectivity index (χ0v) is 11.7. The van der Waals surface area contributed by atoms with Gasteiger partial charge in [-0.25, -0.2) is 4.98 Å². The molecule has 0 radical (unpaired) electrons. The summed E-state index contributed by atoms with van der Waals surface area (Å²) in [6, 6.07) is 3.60. The van der Waals surface area contributed by atoms with E-state index < -0.39 is 11.9 Å². The van der Waals surface area contributed by atoms with Gasteiger partial charge in [-0.15, -0.1) is 0 Å². The Balaban J connectivity index is 2.16. The van der Waals surface area contributed by atoms with E-state index in [1.165, 1.54) is 0 Å². The second-order valence-corrected chi connectivity index (χ2v) is 5.27. The van der Waals surface area contributed by atoms with Crippen molar-refractivity contribution in [1.82, 2.24) is 9.88 Å². The third kappa shape index (κ3) is 3.07. The number of anilines is 1. The van der Waals surface area contributed by atoms with Crippen LogP contribution in [0.2, 0.25) is 0 Å². The van der Waals surface area contributed by atoms with Crippen molar-refractivity contribution in [3.63, 3.8) is 0 Å². The van der Waals surface area contributed by atoms with Crippen LogP contribution in [-0.4, -0.2) is 46.0 Å². The number of rotatable bonds is 4. The minimum Gasteiger partial charge on any atom is -0.481 e. The molecule has 1 aromatic rings. The Morgan fingerprint density at radius 3 is 2.85 bits per heavy atom. The fraction of sp³-hybridized carbons (Fsp3) is 0.500. The third-order valence-corrected chi connectivity index (χ3v) is 3.29. The van der Waals surface area contributed by atoms with Gasteiger partial charge in [-0.3, -0.25) is 9.59 Å². The van der Waals surface area contributed by atoms with Gasteiger partial charge in [0.05, 0.1) is 11.5 Å². The van der Waals surface area contributed by atoms with E-state index in [-0.39, 0.29) is 18.5 Å². The van der Waals surface area contributed by atoms with Gasteiger partial charge >= 0.3 is 5.97 Å².